The molecule has 0 atom stereocenters. The Labute approximate surface area is 179 Å². The molecular formula is C21H24BrNO5S. The molecule has 0 spiro atoms. The first-order valence-corrected chi connectivity index (χ1v) is 11.7. The average Bonchev–Trinajstić information content (AvgIpc) is 2.72. The molecule has 29 heavy (non-hydrogen) atoms. The van der Waals surface area contributed by atoms with Gasteiger partial charge >= 0.3 is 0 Å². The topological polar surface area (TPSA) is 95.7 Å². The van der Waals surface area contributed by atoms with Crippen LogP contribution < -0.4 is 10.5 Å². The Bertz CT molecular complexity index is 953. The fraction of sp³-hybridized carbons (Fsp3) is 0.381. The minimum atomic E-state index is -3.92. The predicted molar refractivity (Wildman–Crippen MR) is 114 cm³/mol. The molecule has 1 aliphatic heterocycles. The van der Waals surface area contributed by atoms with Crippen LogP contribution in [0.3, 0.4) is 0 Å². The fourth-order valence-corrected chi connectivity index (χ4v) is 5.81. The van der Waals surface area contributed by atoms with Gasteiger partial charge < -0.3 is 15.2 Å². The zero-order valence-electron chi connectivity index (χ0n) is 16.0. The smallest absolute Gasteiger partial charge is 0.239 e. The highest BCUT2D eigenvalue weighted by Crippen LogP contribution is 2.35. The van der Waals surface area contributed by atoms with E-state index in [9.17, 15) is 13.2 Å². The third-order valence-electron chi connectivity index (χ3n) is 5.17. The molecule has 3 rings (SSSR count). The molecule has 2 aromatic rings. The van der Waals surface area contributed by atoms with Crippen LogP contribution in [0.1, 0.15) is 24.8 Å². The number of primary amides is 1. The molecule has 2 aromatic carbocycles. The van der Waals surface area contributed by atoms with Gasteiger partial charge in [0.15, 0.2) is 14.6 Å². The maximum absolute atomic E-state index is 13.1. The number of sulfone groups is 1. The lowest BCUT2D eigenvalue weighted by Crippen LogP contribution is -2.53. The van der Waals surface area contributed by atoms with Gasteiger partial charge in [-0.05, 0) is 67.6 Å². The Morgan fingerprint density at radius 2 is 1.83 bits per heavy atom. The summed E-state index contributed by atoms with van der Waals surface area (Å²) >= 11 is 3.46. The van der Waals surface area contributed by atoms with Crippen molar-refractivity contribution in [1.82, 2.24) is 0 Å². The molecule has 1 amide bonds. The van der Waals surface area contributed by atoms with Crippen molar-refractivity contribution in [2.75, 3.05) is 19.8 Å². The molecule has 1 aliphatic rings. The second-order valence-electron chi connectivity index (χ2n) is 7.03. The number of benzene rings is 2. The lowest BCUT2D eigenvalue weighted by molar-refractivity contribution is -0.122. The van der Waals surface area contributed by atoms with Gasteiger partial charge in [-0.15, -0.1) is 0 Å². The number of nitrogens with two attached hydrogens (primary N) is 1. The number of hydrogen-bond acceptors (Lipinski definition) is 5. The van der Waals surface area contributed by atoms with Crippen LogP contribution in [0.25, 0.3) is 0 Å². The first-order valence-electron chi connectivity index (χ1n) is 9.45. The molecule has 0 saturated carbocycles. The van der Waals surface area contributed by atoms with E-state index in [0.29, 0.717) is 12.4 Å². The zero-order chi connectivity index (χ0) is 20.9. The molecule has 2 N–H and O–H groups in total. The normalized spacial score (nSPS) is 16.3. The van der Waals surface area contributed by atoms with Crippen LogP contribution in [0.5, 0.6) is 5.75 Å². The van der Waals surface area contributed by atoms with Crippen LogP contribution in [-0.4, -0.2) is 38.9 Å². The summed E-state index contributed by atoms with van der Waals surface area (Å²) in [5.74, 6) is -0.244. The van der Waals surface area contributed by atoms with Crippen LogP contribution >= 0.6 is 15.9 Å². The Balaban J connectivity index is 1.62. The lowest BCUT2D eigenvalue weighted by Gasteiger charge is -2.33. The van der Waals surface area contributed by atoms with Crippen molar-refractivity contribution in [3.63, 3.8) is 0 Å². The highest BCUT2D eigenvalue weighted by Gasteiger charge is 2.51. The van der Waals surface area contributed by atoms with E-state index in [0.717, 1.165) is 17.3 Å². The number of hydrogen-bond donors (Lipinski definition) is 1. The standard InChI is InChI=1S/C21H24BrNO5S/c22-17-5-1-3-16(15-17)4-2-12-28-18-6-8-19(9-7-18)29(25,26)21(20(23)24)10-13-27-14-11-21/h1,3,5-9,15H,2,4,10-14H2,(H2,23,24). The third kappa shape index (κ3) is 4.82. The number of carbonyl (C=O) groups is 1. The van der Waals surface area contributed by atoms with Gasteiger partial charge in [0.1, 0.15) is 5.75 Å². The Kier molecular flexibility index (Phi) is 6.97. The van der Waals surface area contributed by atoms with Crippen molar-refractivity contribution < 1.29 is 22.7 Å². The maximum atomic E-state index is 13.1. The van der Waals surface area contributed by atoms with Gasteiger partial charge in [0.05, 0.1) is 11.5 Å². The molecular weight excluding hydrogens is 458 g/mol. The number of halogens is 1. The van der Waals surface area contributed by atoms with Crippen molar-refractivity contribution in [1.29, 1.82) is 0 Å². The van der Waals surface area contributed by atoms with E-state index in [4.69, 9.17) is 15.2 Å². The van der Waals surface area contributed by atoms with E-state index in [1.807, 2.05) is 12.1 Å². The van der Waals surface area contributed by atoms with Gasteiger partial charge in [-0.1, -0.05) is 28.1 Å². The first-order chi connectivity index (χ1) is 13.8. The first kappa shape index (κ1) is 21.8. The van der Waals surface area contributed by atoms with Gasteiger partial charge in [-0.2, -0.15) is 0 Å². The number of rotatable bonds is 8. The summed E-state index contributed by atoms with van der Waals surface area (Å²) in [6.45, 7) is 0.907. The summed E-state index contributed by atoms with van der Waals surface area (Å²) in [6.07, 6.45) is 1.85. The molecule has 1 heterocycles. The highest BCUT2D eigenvalue weighted by molar-refractivity contribution is 9.10. The fourth-order valence-electron chi connectivity index (χ4n) is 3.45. The zero-order valence-corrected chi connectivity index (χ0v) is 18.4. The van der Waals surface area contributed by atoms with Crippen molar-refractivity contribution in [2.24, 2.45) is 5.73 Å². The van der Waals surface area contributed by atoms with Gasteiger partial charge in [0.2, 0.25) is 5.91 Å². The van der Waals surface area contributed by atoms with Crippen LogP contribution in [0, 0.1) is 0 Å². The van der Waals surface area contributed by atoms with Gasteiger partial charge in [-0.3, -0.25) is 4.79 Å². The summed E-state index contributed by atoms with van der Waals surface area (Å²) in [6, 6.07) is 14.3. The molecule has 1 saturated heterocycles. The molecule has 0 bridgehead atoms. The van der Waals surface area contributed by atoms with Crippen LogP contribution in [0.4, 0.5) is 0 Å². The average molecular weight is 482 g/mol. The minimum absolute atomic E-state index is 0.0680. The van der Waals surface area contributed by atoms with Crippen LogP contribution in [-0.2, 0) is 25.8 Å². The van der Waals surface area contributed by atoms with Gasteiger partial charge in [-0.25, -0.2) is 8.42 Å². The van der Waals surface area contributed by atoms with E-state index < -0.39 is 20.5 Å². The van der Waals surface area contributed by atoms with Gasteiger partial charge in [0.25, 0.3) is 0 Å². The van der Waals surface area contributed by atoms with Crippen LogP contribution in [0.15, 0.2) is 57.9 Å². The molecule has 0 unspecified atom stereocenters. The summed E-state index contributed by atoms with van der Waals surface area (Å²) in [5, 5.41) is 0. The van der Waals surface area contributed by atoms with E-state index in [1.54, 1.807) is 12.1 Å². The maximum Gasteiger partial charge on any atom is 0.239 e. The lowest BCUT2D eigenvalue weighted by atomic mass is 9.98. The second-order valence-corrected chi connectivity index (χ2v) is 10.2. The van der Waals surface area contributed by atoms with E-state index >= 15 is 0 Å². The molecule has 6 nitrogen and oxygen atoms in total. The molecule has 8 heteroatoms. The minimum Gasteiger partial charge on any atom is -0.494 e. The number of amides is 1. The van der Waals surface area contributed by atoms with Gasteiger partial charge in [0, 0.05) is 17.7 Å². The van der Waals surface area contributed by atoms with Crippen LogP contribution in [0.2, 0.25) is 0 Å². The molecule has 156 valence electrons. The van der Waals surface area contributed by atoms with E-state index in [1.165, 1.54) is 17.7 Å². The Hall–Kier alpha value is -1.90. The molecule has 0 radical (unpaired) electrons. The van der Waals surface area contributed by atoms with Crippen molar-refractivity contribution >= 4 is 31.7 Å². The monoisotopic (exact) mass is 481 g/mol. The summed E-state index contributed by atoms with van der Waals surface area (Å²) < 4.78 is 36.6. The predicted octanol–water partition coefficient (Wildman–Crippen LogP) is 3.27. The number of carbonyl (C=O) groups excluding carboxylic acids is 1. The van der Waals surface area contributed by atoms with Crippen molar-refractivity contribution in [2.45, 2.75) is 35.3 Å². The van der Waals surface area contributed by atoms with E-state index in [2.05, 4.69) is 28.1 Å². The summed E-state index contributed by atoms with van der Waals surface area (Å²) in [7, 11) is -3.92. The summed E-state index contributed by atoms with van der Waals surface area (Å²) in [5.41, 5.74) is 6.71. The van der Waals surface area contributed by atoms with Crippen molar-refractivity contribution in [3.05, 3.63) is 58.6 Å². The molecule has 0 aliphatic carbocycles. The largest absolute Gasteiger partial charge is 0.494 e. The number of aryl methyl sites for hydroxylation is 1. The van der Waals surface area contributed by atoms with Crippen molar-refractivity contribution in [3.8, 4) is 5.75 Å². The third-order valence-corrected chi connectivity index (χ3v) is 8.19. The molecule has 0 aromatic heterocycles. The number of ether oxygens (including phenoxy) is 2. The second kappa shape index (κ2) is 9.28. The molecule has 1 fully saturated rings. The summed E-state index contributed by atoms with van der Waals surface area (Å²) in [4.78, 5) is 12.1. The van der Waals surface area contributed by atoms with E-state index in [-0.39, 0.29) is 31.0 Å². The SMILES string of the molecule is NC(=O)C1(S(=O)(=O)c2ccc(OCCCc3cccc(Br)c3)cc2)CCOCC1. The quantitative estimate of drug-likeness (QED) is 0.583. The highest BCUT2D eigenvalue weighted by atomic mass is 79.9. The Morgan fingerprint density at radius 3 is 2.45 bits per heavy atom. The Morgan fingerprint density at radius 1 is 1.14 bits per heavy atom.